The third kappa shape index (κ3) is 6.81. The molecule has 2 atom stereocenters. The van der Waals surface area contributed by atoms with E-state index in [1.165, 1.54) is 11.6 Å². The van der Waals surface area contributed by atoms with Crippen LogP contribution in [0.2, 0.25) is 0 Å². The molecule has 2 aliphatic rings. The number of fused-ring (bicyclic) bond motifs is 1. The van der Waals surface area contributed by atoms with E-state index in [9.17, 15) is 14.3 Å². The lowest BCUT2D eigenvalue weighted by Gasteiger charge is -2.27. The summed E-state index contributed by atoms with van der Waals surface area (Å²) in [4.78, 5) is 18.9. The van der Waals surface area contributed by atoms with Crippen molar-refractivity contribution in [3.63, 3.8) is 0 Å². The van der Waals surface area contributed by atoms with Crippen molar-refractivity contribution >= 4 is 11.8 Å². The SMILES string of the molecule is CC(C)OCc1c(F)cccc1C(C(=O)O)N1CC[C@@H](OCCCCc2ccc3c(n2)NCCC3)C1. The minimum absolute atomic E-state index is 0.0261. The topological polar surface area (TPSA) is 83.9 Å². The van der Waals surface area contributed by atoms with E-state index in [-0.39, 0.29) is 18.8 Å². The molecule has 36 heavy (non-hydrogen) atoms. The number of carboxylic acids is 1. The summed E-state index contributed by atoms with van der Waals surface area (Å²) in [7, 11) is 0. The molecule has 0 bridgehead atoms. The van der Waals surface area contributed by atoms with E-state index in [1.54, 1.807) is 12.1 Å². The maximum Gasteiger partial charge on any atom is 0.325 e. The van der Waals surface area contributed by atoms with Gasteiger partial charge in [0.05, 0.1) is 18.8 Å². The predicted molar refractivity (Wildman–Crippen MR) is 137 cm³/mol. The number of anilines is 1. The summed E-state index contributed by atoms with van der Waals surface area (Å²) in [6, 6.07) is 8.00. The molecule has 2 aromatic rings. The Bertz CT molecular complexity index is 1030. The molecule has 0 radical (unpaired) electrons. The van der Waals surface area contributed by atoms with Crippen molar-refractivity contribution in [1.29, 1.82) is 0 Å². The number of hydrogen-bond donors (Lipinski definition) is 2. The Morgan fingerprint density at radius 2 is 2.14 bits per heavy atom. The van der Waals surface area contributed by atoms with Gasteiger partial charge in [-0.1, -0.05) is 18.2 Å². The van der Waals surface area contributed by atoms with Crippen LogP contribution in [0.1, 0.15) is 68.0 Å². The van der Waals surface area contributed by atoms with Crippen molar-refractivity contribution in [3.8, 4) is 0 Å². The number of hydrogen-bond acceptors (Lipinski definition) is 6. The summed E-state index contributed by atoms with van der Waals surface area (Å²) in [6.45, 7) is 6.52. The van der Waals surface area contributed by atoms with Gasteiger partial charge in [-0.15, -0.1) is 0 Å². The molecule has 1 unspecified atom stereocenters. The zero-order chi connectivity index (χ0) is 25.5. The number of carboxylic acid groups (broad SMARTS) is 1. The molecule has 1 saturated heterocycles. The Hall–Kier alpha value is -2.55. The number of nitrogens with zero attached hydrogens (tertiary/aromatic N) is 2. The zero-order valence-corrected chi connectivity index (χ0v) is 21.3. The molecule has 0 spiro atoms. The number of ether oxygens (including phenoxy) is 2. The second kappa shape index (κ2) is 12.6. The zero-order valence-electron chi connectivity index (χ0n) is 21.3. The van der Waals surface area contributed by atoms with Crippen molar-refractivity contribution in [1.82, 2.24) is 9.88 Å². The maximum atomic E-state index is 14.6. The molecule has 1 fully saturated rings. The van der Waals surface area contributed by atoms with Crippen LogP contribution < -0.4 is 5.32 Å². The molecule has 3 heterocycles. The van der Waals surface area contributed by atoms with Gasteiger partial charge in [-0.25, -0.2) is 9.37 Å². The maximum absolute atomic E-state index is 14.6. The van der Waals surface area contributed by atoms with Crippen LogP contribution in [0.4, 0.5) is 10.2 Å². The second-order valence-electron chi connectivity index (χ2n) is 9.98. The minimum Gasteiger partial charge on any atom is -0.480 e. The van der Waals surface area contributed by atoms with Crippen molar-refractivity contribution in [3.05, 3.63) is 58.5 Å². The normalized spacial score (nSPS) is 18.7. The van der Waals surface area contributed by atoms with Crippen molar-refractivity contribution in [2.24, 2.45) is 0 Å². The van der Waals surface area contributed by atoms with E-state index in [2.05, 4.69) is 17.4 Å². The molecule has 196 valence electrons. The Morgan fingerprint density at radius 3 is 2.94 bits per heavy atom. The highest BCUT2D eigenvalue weighted by atomic mass is 19.1. The van der Waals surface area contributed by atoms with E-state index in [4.69, 9.17) is 14.5 Å². The van der Waals surface area contributed by atoms with Gasteiger partial charge in [0.1, 0.15) is 17.7 Å². The Kier molecular flexibility index (Phi) is 9.29. The fourth-order valence-electron chi connectivity index (χ4n) is 5.01. The Balaban J connectivity index is 1.27. The summed E-state index contributed by atoms with van der Waals surface area (Å²) in [5.74, 6) is -0.388. The standard InChI is InChI=1S/C28H38FN3O4/c1-19(2)36-18-24-23(9-5-10-25(24)29)26(28(33)34)32-15-13-22(17-32)35-16-4-3-8-21-12-11-20-7-6-14-30-27(20)31-21/h5,9-12,19,22,26H,3-4,6-8,13-18H2,1-2H3,(H,30,31)(H,33,34)/t22-,26?/m1/s1. The molecule has 1 aromatic heterocycles. The van der Waals surface area contributed by atoms with E-state index >= 15 is 0 Å². The third-order valence-electron chi connectivity index (χ3n) is 6.92. The van der Waals surface area contributed by atoms with Gasteiger partial charge in [0.15, 0.2) is 0 Å². The molecule has 1 aromatic carbocycles. The van der Waals surface area contributed by atoms with E-state index in [0.29, 0.717) is 30.8 Å². The molecule has 0 aliphatic carbocycles. The van der Waals surface area contributed by atoms with Gasteiger partial charge in [-0.3, -0.25) is 9.69 Å². The summed E-state index contributed by atoms with van der Waals surface area (Å²) < 4.78 is 26.3. The molecule has 2 aliphatic heterocycles. The van der Waals surface area contributed by atoms with E-state index in [0.717, 1.165) is 56.6 Å². The number of benzene rings is 1. The van der Waals surface area contributed by atoms with Crippen LogP contribution in [0, 0.1) is 5.82 Å². The number of carbonyl (C=O) groups is 1. The van der Waals surface area contributed by atoms with Gasteiger partial charge in [-0.2, -0.15) is 0 Å². The van der Waals surface area contributed by atoms with Crippen molar-refractivity contribution < 1.29 is 23.8 Å². The number of pyridine rings is 1. The Morgan fingerprint density at radius 1 is 1.28 bits per heavy atom. The number of nitrogens with one attached hydrogen (secondary N) is 1. The summed E-state index contributed by atoms with van der Waals surface area (Å²) >= 11 is 0. The average Bonchev–Trinajstić information content (AvgIpc) is 3.31. The Labute approximate surface area is 213 Å². The lowest BCUT2D eigenvalue weighted by Crippen LogP contribution is -2.34. The monoisotopic (exact) mass is 499 g/mol. The van der Waals surface area contributed by atoms with Gasteiger partial charge >= 0.3 is 5.97 Å². The molecule has 4 rings (SSSR count). The van der Waals surface area contributed by atoms with Crippen LogP contribution in [-0.4, -0.2) is 59.4 Å². The smallest absolute Gasteiger partial charge is 0.325 e. The van der Waals surface area contributed by atoms with Gasteiger partial charge in [0, 0.05) is 37.5 Å². The molecule has 0 amide bonds. The van der Waals surface area contributed by atoms with Gasteiger partial charge in [0.2, 0.25) is 0 Å². The molecular weight excluding hydrogens is 461 g/mol. The largest absolute Gasteiger partial charge is 0.480 e. The van der Waals surface area contributed by atoms with E-state index in [1.807, 2.05) is 18.7 Å². The van der Waals surface area contributed by atoms with Crippen LogP contribution >= 0.6 is 0 Å². The van der Waals surface area contributed by atoms with Crippen LogP contribution in [0.3, 0.4) is 0 Å². The van der Waals surface area contributed by atoms with Crippen LogP contribution in [0.25, 0.3) is 0 Å². The molecule has 2 N–H and O–H groups in total. The number of aliphatic carboxylic acids is 1. The second-order valence-corrected chi connectivity index (χ2v) is 9.98. The predicted octanol–water partition coefficient (Wildman–Crippen LogP) is 4.74. The summed E-state index contributed by atoms with van der Waals surface area (Å²) in [5, 5.41) is 13.4. The first-order valence-electron chi connectivity index (χ1n) is 13.1. The fourth-order valence-corrected chi connectivity index (χ4v) is 5.01. The minimum atomic E-state index is -0.987. The molecule has 8 heteroatoms. The van der Waals surface area contributed by atoms with Crippen LogP contribution in [0.15, 0.2) is 30.3 Å². The number of aromatic nitrogens is 1. The highest BCUT2D eigenvalue weighted by molar-refractivity contribution is 5.76. The first-order valence-corrected chi connectivity index (χ1v) is 13.1. The van der Waals surface area contributed by atoms with Crippen molar-refractivity contribution in [2.75, 3.05) is 31.6 Å². The van der Waals surface area contributed by atoms with Gasteiger partial charge < -0.3 is 19.9 Å². The lowest BCUT2D eigenvalue weighted by molar-refractivity contribution is -0.143. The van der Waals surface area contributed by atoms with Gasteiger partial charge in [-0.05, 0) is 75.6 Å². The highest BCUT2D eigenvalue weighted by Crippen LogP contribution is 2.31. The highest BCUT2D eigenvalue weighted by Gasteiger charge is 2.35. The van der Waals surface area contributed by atoms with Crippen molar-refractivity contribution in [2.45, 2.75) is 77.2 Å². The molecule has 7 nitrogen and oxygen atoms in total. The third-order valence-corrected chi connectivity index (χ3v) is 6.92. The van der Waals surface area contributed by atoms with Crippen LogP contribution in [-0.2, 0) is 33.7 Å². The van der Waals surface area contributed by atoms with Crippen LogP contribution in [0.5, 0.6) is 0 Å². The molecule has 0 saturated carbocycles. The summed E-state index contributed by atoms with van der Waals surface area (Å²) in [6.07, 6.45) is 5.73. The molecular formula is C28H38FN3O4. The first kappa shape index (κ1) is 26.5. The average molecular weight is 500 g/mol. The number of aryl methyl sites for hydroxylation is 2. The summed E-state index contributed by atoms with van der Waals surface area (Å²) in [5.41, 5.74) is 3.17. The quantitative estimate of drug-likeness (QED) is 0.408. The first-order chi connectivity index (χ1) is 17.4. The fraction of sp³-hybridized carbons (Fsp3) is 0.571. The number of unbranched alkanes of at least 4 members (excludes halogenated alkanes) is 1. The number of likely N-dealkylation sites (tertiary alicyclic amines) is 1. The van der Waals surface area contributed by atoms with Gasteiger partial charge in [0.25, 0.3) is 0 Å². The number of rotatable bonds is 12. The van der Waals surface area contributed by atoms with E-state index < -0.39 is 17.8 Å². The number of halogens is 1. The lowest BCUT2D eigenvalue weighted by atomic mass is 9.99.